The molecule has 0 spiro atoms. The number of hydrogen-bond donors (Lipinski definition) is 2. The molecule has 0 fully saturated rings. The van der Waals surface area contributed by atoms with E-state index in [-0.39, 0.29) is 32.5 Å². The zero-order valence-electron chi connectivity index (χ0n) is 72.7. The second-order valence-corrected chi connectivity index (χ2v) is 39.2. The predicted molar refractivity (Wildman–Crippen MR) is 500 cm³/mol. The lowest BCUT2D eigenvalue weighted by Gasteiger charge is -2.21. The number of fused-ring (bicyclic) bond motifs is 20. The summed E-state index contributed by atoms with van der Waals surface area (Å²) in [5, 5.41) is 3.46. The van der Waals surface area contributed by atoms with Crippen LogP contribution in [0.15, 0.2) is 243 Å². The van der Waals surface area contributed by atoms with E-state index in [1.165, 1.54) is 33.4 Å². The van der Waals surface area contributed by atoms with E-state index in [4.69, 9.17) is 29.9 Å². The monoisotopic (exact) mass is 1540 g/mol. The van der Waals surface area contributed by atoms with Gasteiger partial charge < -0.3 is 19.8 Å². The van der Waals surface area contributed by atoms with Crippen LogP contribution in [0, 0.1) is 0 Å². The van der Waals surface area contributed by atoms with Crippen molar-refractivity contribution >= 4 is 55.5 Å². The molecule has 118 heavy (non-hydrogen) atoms. The summed E-state index contributed by atoms with van der Waals surface area (Å²) in [6, 6.07) is 90.9. The molecule has 5 heterocycles. The molecule has 3 aromatic heterocycles. The molecule has 17 rings (SSSR count). The second-order valence-electron chi connectivity index (χ2n) is 39.2. The van der Waals surface area contributed by atoms with E-state index in [1.54, 1.807) is 0 Å². The van der Waals surface area contributed by atoms with Gasteiger partial charge in [-0.05, 0) is 228 Å². The third-order valence-electron chi connectivity index (χ3n) is 24.1. The Morgan fingerprint density at radius 1 is 0.186 bits per heavy atom. The van der Waals surface area contributed by atoms with E-state index in [0.29, 0.717) is 45.9 Å². The summed E-state index contributed by atoms with van der Waals surface area (Å²) in [4.78, 5) is 47.5. The highest BCUT2D eigenvalue weighted by Crippen LogP contribution is 2.50. The molecule has 2 aliphatic heterocycles. The molecule has 0 radical (unpaired) electrons. The third-order valence-corrected chi connectivity index (χ3v) is 24.1. The second kappa shape index (κ2) is 28.8. The first-order valence-electron chi connectivity index (χ1n) is 41.6. The van der Waals surface area contributed by atoms with Crippen molar-refractivity contribution in [1.82, 2.24) is 39.9 Å². The highest BCUT2D eigenvalue weighted by molar-refractivity contribution is 6.12. The molecule has 8 bridgehead atoms. The summed E-state index contributed by atoms with van der Waals surface area (Å²) >= 11 is 0. The van der Waals surface area contributed by atoms with Crippen molar-refractivity contribution < 1.29 is 0 Å². The van der Waals surface area contributed by atoms with Gasteiger partial charge in [0.1, 0.15) is 22.6 Å². The molecule has 10 nitrogen and oxygen atoms in total. The molecular formula is C108H108N10. The van der Waals surface area contributed by atoms with E-state index in [2.05, 4.69) is 415 Å². The number of rotatable bonds is 10. The normalized spacial score (nSPS) is 12.7. The Morgan fingerprint density at radius 3 is 0.492 bits per heavy atom. The Kier molecular flexibility index (Phi) is 19.0. The fourth-order valence-corrected chi connectivity index (χ4v) is 16.7. The molecular weight excluding hydrogens is 1440 g/mol. The number of H-pyrrole nitrogens is 2. The summed E-state index contributed by atoms with van der Waals surface area (Å²) in [7, 11) is 8.34. The molecule has 590 valence electrons. The smallest absolute Gasteiger partial charge is 0.164 e. The van der Waals surface area contributed by atoms with Crippen LogP contribution in [0.2, 0.25) is 0 Å². The Morgan fingerprint density at radius 2 is 0.339 bits per heavy atom. The summed E-state index contributed by atoms with van der Waals surface area (Å²) in [6.07, 6.45) is 0. The summed E-state index contributed by atoms with van der Waals surface area (Å²) in [5.74, 6) is 2.02. The highest BCUT2D eigenvalue weighted by atomic mass is 15.1. The molecule has 0 amide bonds. The standard InChI is InChI=1S/C108H108N10/c1-103(2,3)71-39-23-63(24-40-71)79-55-87-88(56-80(79)64-25-41-72(42-26-64)104(4,5)6)96-109-95(87)110-97-89-57-81(65-27-43-73(44-28-65)105(7,8)9)83(67-31-47-75(48-32-67)107(13,14)15)59-91(89)99(112-97)114-101-93-61-85(69-35-51-77(52-36-69)117(19)20)86(70-37-53-78(54-38-70)118(21)22)62-94(93)102(116-101)115-100-92-60-84(68-33-49-76(50-34-68)108(16,17)18)82(58-90(92)98(111-96)113-100)66-29-45-74(46-30-66)106(10,11)12/h23-62H,1-22H3,(H2,109,110,111,112,113,114,115,116). The SMILES string of the molecule is CN(C)c1ccc(-c2cc3c4nc5nc(nc6[nH]c(nc7nc(nc([nH]4)c3cc2-c2ccc(N(C)C)cc2)-c2cc(-c3ccc(C(C)(C)C)cc3)c(-c3ccc(C(C)(C)C)cc3)cc2-7)c2cc(-c3ccc(C(C)(C)C)cc3)c(-c3ccc(C(C)(C)C)cc3)cc62)-c2cc(-c3ccc(C(C)(C)C)cc3)c(-c3ccc(C(C)(C)C)cc3)cc2-5)cc1. The first-order valence-corrected chi connectivity index (χ1v) is 41.6. The van der Waals surface area contributed by atoms with Crippen molar-refractivity contribution in [3.05, 3.63) is 276 Å². The van der Waals surface area contributed by atoms with Gasteiger partial charge in [-0.25, -0.2) is 29.9 Å². The molecule has 12 aromatic carbocycles. The van der Waals surface area contributed by atoms with Gasteiger partial charge in [0.2, 0.25) is 0 Å². The first-order chi connectivity index (χ1) is 55.8. The van der Waals surface area contributed by atoms with Crippen LogP contribution in [-0.2, 0) is 32.5 Å². The van der Waals surface area contributed by atoms with E-state index < -0.39 is 0 Å². The number of nitrogens with zero attached hydrogens (tertiary/aromatic N) is 8. The Balaban J connectivity index is 1.04. The topological polar surface area (TPSA) is 115 Å². The predicted octanol–water partition coefficient (Wildman–Crippen LogP) is 28.1. The van der Waals surface area contributed by atoms with Crippen molar-refractivity contribution in [2.45, 2.75) is 157 Å². The number of hydrogen-bond acceptors (Lipinski definition) is 8. The van der Waals surface area contributed by atoms with E-state index >= 15 is 0 Å². The van der Waals surface area contributed by atoms with Crippen LogP contribution in [0.25, 0.3) is 179 Å². The van der Waals surface area contributed by atoms with Gasteiger partial charge in [-0.3, -0.25) is 0 Å². The number of anilines is 2. The van der Waals surface area contributed by atoms with E-state index in [0.717, 1.165) is 144 Å². The van der Waals surface area contributed by atoms with Crippen LogP contribution in [0.5, 0.6) is 0 Å². The lowest BCUT2D eigenvalue weighted by molar-refractivity contribution is 0.590. The summed E-state index contributed by atoms with van der Waals surface area (Å²) < 4.78 is 0. The molecule has 0 aliphatic carbocycles. The zero-order valence-corrected chi connectivity index (χ0v) is 72.7. The van der Waals surface area contributed by atoms with Crippen molar-refractivity contribution in [3.8, 4) is 135 Å². The zero-order chi connectivity index (χ0) is 83.2. The minimum absolute atomic E-state index is 0.0612. The van der Waals surface area contributed by atoms with Gasteiger partial charge in [-0.15, -0.1) is 0 Å². The Labute approximate surface area is 696 Å². The molecule has 0 unspecified atom stereocenters. The van der Waals surface area contributed by atoms with Crippen molar-refractivity contribution in [2.24, 2.45) is 0 Å². The lowest BCUT2D eigenvalue weighted by atomic mass is 9.84. The van der Waals surface area contributed by atoms with Crippen LogP contribution in [0.4, 0.5) is 11.4 Å². The molecule has 10 heteroatoms. The van der Waals surface area contributed by atoms with Crippen LogP contribution in [0.1, 0.15) is 158 Å². The van der Waals surface area contributed by atoms with Gasteiger partial charge >= 0.3 is 0 Å². The fraction of sp³-hybridized carbons (Fsp3) is 0.259. The van der Waals surface area contributed by atoms with Crippen molar-refractivity contribution in [3.63, 3.8) is 0 Å². The maximum Gasteiger partial charge on any atom is 0.164 e. The van der Waals surface area contributed by atoms with Gasteiger partial charge in [0.05, 0.1) is 0 Å². The molecule has 0 saturated carbocycles. The Bertz CT molecular complexity index is 6220. The number of aromatic amines is 2. The van der Waals surface area contributed by atoms with Crippen molar-refractivity contribution in [1.29, 1.82) is 0 Å². The first kappa shape index (κ1) is 78.1. The van der Waals surface area contributed by atoms with Gasteiger partial charge in [0, 0.05) is 83.4 Å². The van der Waals surface area contributed by atoms with Gasteiger partial charge in [-0.1, -0.05) is 294 Å². The summed E-state index contributed by atoms with van der Waals surface area (Å²) in [6.45, 7) is 40.9. The number of nitrogens with one attached hydrogen (secondary N) is 2. The van der Waals surface area contributed by atoms with Crippen molar-refractivity contribution in [2.75, 3.05) is 38.0 Å². The maximum atomic E-state index is 5.93. The summed E-state index contributed by atoms with van der Waals surface area (Å²) in [5.41, 5.74) is 32.1. The molecule has 0 atom stereocenters. The molecule has 0 saturated heterocycles. The van der Waals surface area contributed by atoms with E-state index in [1.807, 2.05) is 0 Å². The lowest BCUT2D eigenvalue weighted by Crippen LogP contribution is -2.10. The average molecular weight is 1550 g/mol. The minimum atomic E-state index is -0.0619. The van der Waals surface area contributed by atoms with Crippen LogP contribution < -0.4 is 9.80 Å². The van der Waals surface area contributed by atoms with Crippen LogP contribution in [0.3, 0.4) is 0 Å². The number of aromatic nitrogens is 8. The average Bonchev–Trinajstić information content (AvgIpc) is 1.58. The van der Waals surface area contributed by atoms with Gasteiger partial charge in [0.25, 0.3) is 0 Å². The Hall–Kier alpha value is -12.4. The number of benzene rings is 12. The molecule has 15 aromatic rings. The van der Waals surface area contributed by atoms with Crippen LogP contribution >= 0.6 is 0 Å². The maximum absolute atomic E-state index is 5.93. The van der Waals surface area contributed by atoms with Crippen LogP contribution in [-0.4, -0.2) is 68.1 Å². The fourth-order valence-electron chi connectivity index (χ4n) is 16.7. The minimum Gasteiger partial charge on any atom is -0.378 e. The molecule has 2 N–H and O–H groups in total. The largest absolute Gasteiger partial charge is 0.378 e. The van der Waals surface area contributed by atoms with E-state index in [9.17, 15) is 0 Å². The third kappa shape index (κ3) is 14.8. The highest BCUT2D eigenvalue weighted by Gasteiger charge is 2.31. The van der Waals surface area contributed by atoms with Gasteiger partial charge in [-0.2, -0.15) is 0 Å². The quantitative estimate of drug-likeness (QED) is 0.139. The van der Waals surface area contributed by atoms with Gasteiger partial charge in [0.15, 0.2) is 23.3 Å². The molecule has 2 aliphatic rings.